The van der Waals surface area contributed by atoms with Crippen molar-refractivity contribution in [1.29, 1.82) is 0 Å². The van der Waals surface area contributed by atoms with E-state index in [-0.39, 0.29) is 19.4 Å². The normalized spacial score (nSPS) is 13.8. The van der Waals surface area contributed by atoms with E-state index in [1.807, 2.05) is 0 Å². The molecule has 0 aromatic rings. The maximum Gasteiger partial charge on any atom is 0.472 e. The Bertz CT molecular complexity index is 1260. The summed E-state index contributed by atoms with van der Waals surface area (Å²) in [6.45, 7) is 2.81. The van der Waals surface area contributed by atoms with Gasteiger partial charge in [0, 0.05) is 12.8 Å². The highest BCUT2D eigenvalue weighted by atomic mass is 31.2. The van der Waals surface area contributed by atoms with Gasteiger partial charge in [-0.2, -0.15) is 0 Å². The molecule has 0 saturated heterocycles. The molecule has 0 rings (SSSR count). The van der Waals surface area contributed by atoms with Gasteiger partial charge in [-0.3, -0.25) is 23.4 Å². The third-order valence-electron chi connectivity index (χ3n) is 11.9. The van der Waals surface area contributed by atoms with Gasteiger partial charge in [-0.05, 0) is 51.4 Å². The highest BCUT2D eigenvalue weighted by molar-refractivity contribution is 7.47. The average Bonchev–Trinajstić information content (AvgIpc) is 3.30. The lowest BCUT2D eigenvalue weighted by molar-refractivity contribution is -0.161. The Labute approximate surface area is 403 Å². The van der Waals surface area contributed by atoms with Crippen molar-refractivity contribution < 1.29 is 47.5 Å². The average molecular weight is 954 g/mol. The molecule has 3 atom stereocenters. The van der Waals surface area contributed by atoms with Gasteiger partial charge in [-0.25, -0.2) is 4.57 Å². The van der Waals surface area contributed by atoms with Crippen LogP contribution in [0.5, 0.6) is 0 Å². The summed E-state index contributed by atoms with van der Waals surface area (Å²) in [6.07, 6.45) is 56.4. The van der Waals surface area contributed by atoms with E-state index in [1.165, 1.54) is 148 Å². The maximum absolute atomic E-state index is 12.7. The van der Waals surface area contributed by atoms with Crippen LogP contribution in [0.3, 0.4) is 0 Å². The number of ether oxygens (including phenoxy) is 2. The van der Waals surface area contributed by atoms with Crippen LogP contribution in [0.4, 0.5) is 0 Å². The molecule has 0 spiro atoms. The Morgan fingerprint density at radius 2 is 0.803 bits per heavy atom. The number of phosphoric ester groups is 1. The highest BCUT2D eigenvalue weighted by Crippen LogP contribution is 2.43. The van der Waals surface area contributed by atoms with Crippen LogP contribution in [0, 0.1) is 0 Å². The van der Waals surface area contributed by atoms with Crippen molar-refractivity contribution in [2.24, 2.45) is 5.73 Å². The number of unbranched alkanes of at least 4 members (excludes halogenated alkanes) is 31. The number of aliphatic carboxylic acids is 1. The van der Waals surface area contributed by atoms with Crippen LogP contribution in [0.15, 0.2) is 36.5 Å². The number of carbonyl (C=O) groups is 3. The van der Waals surface area contributed by atoms with Crippen LogP contribution >= 0.6 is 7.82 Å². The fourth-order valence-electron chi connectivity index (χ4n) is 7.66. The topological polar surface area (TPSA) is 172 Å². The van der Waals surface area contributed by atoms with Gasteiger partial charge in [0.2, 0.25) is 0 Å². The van der Waals surface area contributed by atoms with Crippen LogP contribution < -0.4 is 5.73 Å². The summed E-state index contributed by atoms with van der Waals surface area (Å²) in [5.41, 5.74) is 5.36. The maximum atomic E-state index is 12.7. The molecule has 66 heavy (non-hydrogen) atoms. The molecular weight excluding hydrogens is 854 g/mol. The van der Waals surface area contributed by atoms with Crippen LogP contribution in [0.25, 0.3) is 0 Å². The lowest BCUT2D eigenvalue weighted by Gasteiger charge is -2.20. The predicted octanol–water partition coefficient (Wildman–Crippen LogP) is 15.5. The molecule has 0 radical (unpaired) electrons. The quantitative estimate of drug-likeness (QED) is 0.0229. The van der Waals surface area contributed by atoms with E-state index in [0.717, 1.165) is 70.6 Å². The number of carboxylic acids is 1. The number of allylic oxidation sites excluding steroid dienone is 6. The van der Waals surface area contributed by atoms with E-state index in [2.05, 4.69) is 54.8 Å². The van der Waals surface area contributed by atoms with Gasteiger partial charge in [0.25, 0.3) is 0 Å². The van der Waals surface area contributed by atoms with Crippen molar-refractivity contribution in [2.75, 3.05) is 19.8 Å². The number of nitrogens with two attached hydrogens (primary N) is 1. The predicted molar refractivity (Wildman–Crippen MR) is 272 cm³/mol. The van der Waals surface area contributed by atoms with E-state index in [4.69, 9.17) is 24.8 Å². The number of phosphoric acid groups is 1. The van der Waals surface area contributed by atoms with E-state index in [9.17, 15) is 23.8 Å². The molecule has 4 N–H and O–H groups in total. The van der Waals surface area contributed by atoms with E-state index in [0.29, 0.717) is 12.8 Å². The minimum Gasteiger partial charge on any atom is -0.480 e. The fourth-order valence-corrected chi connectivity index (χ4v) is 8.44. The first-order valence-electron chi connectivity index (χ1n) is 27.0. The molecule has 12 heteroatoms. The van der Waals surface area contributed by atoms with Crippen molar-refractivity contribution in [2.45, 2.75) is 270 Å². The zero-order chi connectivity index (χ0) is 48.4. The molecule has 0 heterocycles. The first kappa shape index (κ1) is 63.7. The van der Waals surface area contributed by atoms with Crippen molar-refractivity contribution in [3.8, 4) is 0 Å². The smallest absolute Gasteiger partial charge is 0.472 e. The second kappa shape index (κ2) is 49.1. The monoisotopic (exact) mass is 954 g/mol. The standard InChI is InChI=1S/C54H100NO10P/c1-3-5-7-9-11-13-15-17-19-21-23-24-25-26-28-29-31-33-35-37-39-41-43-45-52(56)62-47-50(48-63-66(60,61)64-49-51(55)54(58)59)65-53(57)46-44-42-40-38-36-34-32-30-27-22-20-18-16-14-12-10-8-6-4-2/h12,14,18,20,27,30,50-51H,3-11,13,15-17,19,21-26,28-29,31-49,55H2,1-2H3,(H,58,59)(H,60,61)/b14-12-,20-18-,30-27-. The van der Waals surface area contributed by atoms with Crippen LogP contribution in [0.1, 0.15) is 258 Å². The molecule has 0 saturated carbocycles. The summed E-state index contributed by atoms with van der Waals surface area (Å²) in [4.78, 5) is 46.2. The molecule has 3 unspecified atom stereocenters. The largest absolute Gasteiger partial charge is 0.480 e. The summed E-state index contributed by atoms with van der Waals surface area (Å²) in [6, 6.07) is -1.52. The van der Waals surface area contributed by atoms with Gasteiger partial charge < -0.3 is 25.2 Å². The number of hydrogen-bond acceptors (Lipinski definition) is 9. The third kappa shape index (κ3) is 48.2. The van der Waals surface area contributed by atoms with Crippen molar-refractivity contribution in [1.82, 2.24) is 0 Å². The summed E-state index contributed by atoms with van der Waals surface area (Å²) in [5, 5.41) is 8.93. The Hall–Kier alpha value is -2.30. The van der Waals surface area contributed by atoms with Gasteiger partial charge in [-0.1, -0.05) is 230 Å². The summed E-state index contributed by atoms with van der Waals surface area (Å²) in [7, 11) is -4.73. The van der Waals surface area contributed by atoms with Crippen LogP contribution in [0.2, 0.25) is 0 Å². The molecule has 0 bridgehead atoms. The van der Waals surface area contributed by atoms with Gasteiger partial charge in [0.15, 0.2) is 6.10 Å². The second-order valence-electron chi connectivity index (χ2n) is 18.4. The molecule has 0 aromatic carbocycles. The Balaban J connectivity index is 4.19. The van der Waals surface area contributed by atoms with Crippen LogP contribution in [-0.4, -0.2) is 59.9 Å². The van der Waals surface area contributed by atoms with E-state index >= 15 is 0 Å². The molecule has 386 valence electrons. The first-order chi connectivity index (χ1) is 32.1. The molecule has 0 aromatic heterocycles. The molecule has 0 amide bonds. The fraction of sp³-hybridized carbons (Fsp3) is 0.833. The van der Waals surface area contributed by atoms with Gasteiger partial charge in [-0.15, -0.1) is 0 Å². The van der Waals surface area contributed by atoms with E-state index < -0.39 is 51.1 Å². The van der Waals surface area contributed by atoms with Gasteiger partial charge >= 0.3 is 25.7 Å². The number of carbonyl (C=O) groups excluding carboxylic acids is 2. The second-order valence-corrected chi connectivity index (χ2v) is 19.8. The Kier molecular flexibility index (Phi) is 47.4. The summed E-state index contributed by atoms with van der Waals surface area (Å²) >= 11 is 0. The van der Waals surface area contributed by atoms with Crippen LogP contribution in [-0.2, 0) is 37.5 Å². The van der Waals surface area contributed by atoms with Gasteiger partial charge in [0.1, 0.15) is 12.6 Å². The molecular formula is C54H100NO10P. The van der Waals surface area contributed by atoms with Crippen molar-refractivity contribution in [3.63, 3.8) is 0 Å². The summed E-state index contributed by atoms with van der Waals surface area (Å²) < 4.78 is 32.9. The number of carboxylic acid groups (broad SMARTS) is 1. The molecule has 0 aliphatic carbocycles. The third-order valence-corrected chi connectivity index (χ3v) is 12.8. The zero-order valence-corrected chi connectivity index (χ0v) is 43.2. The minimum atomic E-state index is -4.73. The molecule has 11 nitrogen and oxygen atoms in total. The highest BCUT2D eigenvalue weighted by Gasteiger charge is 2.28. The lowest BCUT2D eigenvalue weighted by Crippen LogP contribution is -2.34. The Morgan fingerprint density at radius 1 is 0.470 bits per heavy atom. The summed E-state index contributed by atoms with van der Waals surface area (Å²) in [5.74, 6) is -2.38. The first-order valence-corrected chi connectivity index (χ1v) is 28.5. The number of hydrogen-bond donors (Lipinski definition) is 3. The Morgan fingerprint density at radius 3 is 1.23 bits per heavy atom. The number of rotatable bonds is 51. The molecule has 0 fully saturated rings. The zero-order valence-electron chi connectivity index (χ0n) is 42.3. The van der Waals surface area contributed by atoms with Crippen molar-refractivity contribution >= 4 is 25.7 Å². The van der Waals surface area contributed by atoms with Gasteiger partial charge in [0.05, 0.1) is 13.2 Å². The molecule has 0 aliphatic heterocycles. The number of esters is 2. The van der Waals surface area contributed by atoms with Crippen molar-refractivity contribution in [3.05, 3.63) is 36.5 Å². The molecule has 0 aliphatic rings. The van der Waals surface area contributed by atoms with E-state index in [1.54, 1.807) is 0 Å². The lowest BCUT2D eigenvalue weighted by atomic mass is 10.0. The SMILES string of the molecule is CCCCC/C=C\C/C=C\C/C=C\CCCCCCCCC(=O)OC(COC(=O)CCCCCCCCCCCCCCCCCCCCCCCCC)COP(=O)(O)OCC(N)C(=O)O. The minimum absolute atomic E-state index is 0.148.